The predicted molar refractivity (Wildman–Crippen MR) is 101 cm³/mol. The van der Waals surface area contributed by atoms with Crippen LogP contribution in [0.3, 0.4) is 0 Å². The highest BCUT2D eigenvalue weighted by atomic mass is 32.2. The summed E-state index contributed by atoms with van der Waals surface area (Å²) in [6, 6.07) is 11.2. The second-order valence-corrected chi connectivity index (χ2v) is 7.43. The third kappa shape index (κ3) is 5.75. The molecule has 2 amide bonds. The van der Waals surface area contributed by atoms with Crippen LogP contribution in [-0.4, -0.2) is 27.6 Å². The number of carbonyl (C=O) groups excluding carboxylic acids is 1. The summed E-state index contributed by atoms with van der Waals surface area (Å²) in [5.74, 6) is 0.881. The summed E-state index contributed by atoms with van der Waals surface area (Å²) >= 11 is 0. The number of aryl methyl sites for hydroxylation is 2. The lowest BCUT2D eigenvalue weighted by Crippen LogP contribution is -2.30. The van der Waals surface area contributed by atoms with E-state index in [1.165, 1.54) is 24.3 Å². The Hall–Kier alpha value is -2.58. The van der Waals surface area contributed by atoms with Crippen molar-refractivity contribution in [2.24, 2.45) is 5.14 Å². The molecule has 0 aliphatic heterocycles. The van der Waals surface area contributed by atoms with Gasteiger partial charge in [0.2, 0.25) is 10.0 Å². The molecule has 2 rings (SSSR count). The molecule has 0 fully saturated rings. The minimum absolute atomic E-state index is 0.00731. The smallest absolute Gasteiger partial charge is 0.319 e. The lowest BCUT2D eigenvalue weighted by Gasteiger charge is -2.12. The van der Waals surface area contributed by atoms with Gasteiger partial charge in [-0.2, -0.15) is 0 Å². The van der Waals surface area contributed by atoms with Crippen molar-refractivity contribution >= 4 is 21.7 Å². The summed E-state index contributed by atoms with van der Waals surface area (Å²) in [6.07, 6.45) is 0.658. The van der Waals surface area contributed by atoms with E-state index in [1.807, 2.05) is 32.0 Å². The van der Waals surface area contributed by atoms with Crippen LogP contribution >= 0.6 is 0 Å². The monoisotopic (exact) mass is 377 g/mol. The maximum atomic E-state index is 11.8. The van der Waals surface area contributed by atoms with Crippen LogP contribution in [0.25, 0.3) is 0 Å². The van der Waals surface area contributed by atoms with Crippen molar-refractivity contribution in [3.05, 3.63) is 53.6 Å². The number of primary sulfonamides is 1. The number of sulfonamides is 1. The van der Waals surface area contributed by atoms with Crippen LogP contribution in [0.5, 0.6) is 5.75 Å². The van der Waals surface area contributed by atoms with Gasteiger partial charge in [0.1, 0.15) is 5.75 Å². The zero-order valence-corrected chi connectivity index (χ0v) is 15.6. The average molecular weight is 377 g/mol. The topological polar surface area (TPSA) is 111 Å². The van der Waals surface area contributed by atoms with Gasteiger partial charge < -0.3 is 15.4 Å². The highest BCUT2D eigenvalue weighted by Gasteiger charge is 2.08. The number of urea groups is 1. The molecule has 0 atom stereocenters. The molecule has 2 aromatic rings. The first-order chi connectivity index (χ1) is 12.3. The number of para-hydroxylation sites is 1. The van der Waals surface area contributed by atoms with Gasteiger partial charge in [-0.25, -0.2) is 18.4 Å². The molecule has 0 unspecified atom stereocenters. The molecular weight excluding hydrogens is 354 g/mol. The van der Waals surface area contributed by atoms with Crippen molar-refractivity contribution in [2.45, 2.75) is 25.2 Å². The normalized spacial score (nSPS) is 11.0. The molecule has 26 heavy (non-hydrogen) atoms. The molecule has 4 N–H and O–H groups in total. The second kappa shape index (κ2) is 8.68. The van der Waals surface area contributed by atoms with Gasteiger partial charge >= 0.3 is 6.03 Å². The van der Waals surface area contributed by atoms with Crippen molar-refractivity contribution in [3.63, 3.8) is 0 Å². The Bertz CT molecular complexity index is 844. The van der Waals surface area contributed by atoms with E-state index in [0.29, 0.717) is 25.3 Å². The lowest BCUT2D eigenvalue weighted by atomic mass is 10.1. The molecule has 0 saturated heterocycles. The van der Waals surface area contributed by atoms with Crippen molar-refractivity contribution in [3.8, 4) is 5.75 Å². The van der Waals surface area contributed by atoms with Crippen molar-refractivity contribution in [1.82, 2.24) is 5.32 Å². The largest absolute Gasteiger partial charge is 0.493 e. The average Bonchev–Trinajstić information content (AvgIpc) is 2.56. The second-order valence-electron chi connectivity index (χ2n) is 5.87. The number of carbonyl (C=O) groups is 1. The Balaban J connectivity index is 1.72. The maximum Gasteiger partial charge on any atom is 0.319 e. The number of hydrogen-bond donors (Lipinski definition) is 3. The molecule has 140 valence electrons. The highest BCUT2D eigenvalue weighted by Crippen LogP contribution is 2.22. The summed E-state index contributed by atoms with van der Waals surface area (Å²) < 4.78 is 28.1. The van der Waals surface area contributed by atoms with Crippen LogP contribution in [0.15, 0.2) is 47.4 Å². The number of rotatable bonds is 7. The van der Waals surface area contributed by atoms with Gasteiger partial charge in [0.05, 0.1) is 11.5 Å². The van der Waals surface area contributed by atoms with Gasteiger partial charge in [0.15, 0.2) is 0 Å². The fourth-order valence-corrected chi connectivity index (χ4v) is 2.89. The molecule has 0 bridgehead atoms. The Kier molecular flexibility index (Phi) is 6.59. The summed E-state index contributed by atoms with van der Waals surface area (Å²) in [5, 5.41) is 10.4. The van der Waals surface area contributed by atoms with Crippen molar-refractivity contribution < 1.29 is 17.9 Å². The van der Waals surface area contributed by atoms with Gasteiger partial charge in [-0.1, -0.05) is 18.2 Å². The molecule has 0 aromatic heterocycles. The molecule has 0 spiro atoms. The third-order valence-electron chi connectivity index (χ3n) is 3.70. The molecule has 0 aliphatic rings. The molecule has 7 nitrogen and oxygen atoms in total. The number of benzene rings is 2. The van der Waals surface area contributed by atoms with Crippen LogP contribution in [0.2, 0.25) is 0 Å². The summed E-state index contributed by atoms with van der Waals surface area (Å²) in [7, 11) is -3.74. The summed E-state index contributed by atoms with van der Waals surface area (Å²) in [4.78, 5) is 11.8. The fraction of sp³-hybridized carbons (Fsp3) is 0.278. The predicted octanol–water partition coefficient (Wildman–Crippen LogP) is 2.54. The molecule has 8 heteroatoms. The first-order valence-corrected chi connectivity index (χ1v) is 9.69. The third-order valence-corrected chi connectivity index (χ3v) is 4.63. The Morgan fingerprint density at radius 3 is 2.27 bits per heavy atom. The molecule has 0 aliphatic carbocycles. The number of amides is 2. The number of nitrogens with two attached hydrogens (primary N) is 1. The van der Waals surface area contributed by atoms with E-state index in [2.05, 4.69) is 10.6 Å². The van der Waals surface area contributed by atoms with Crippen LogP contribution in [0.1, 0.15) is 17.5 Å². The fourth-order valence-electron chi connectivity index (χ4n) is 2.38. The Morgan fingerprint density at radius 2 is 1.69 bits per heavy atom. The van der Waals surface area contributed by atoms with Gasteiger partial charge in [0, 0.05) is 12.2 Å². The number of anilines is 1. The van der Waals surface area contributed by atoms with E-state index in [4.69, 9.17) is 9.88 Å². The highest BCUT2D eigenvalue weighted by molar-refractivity contribution is 7.89. The van der Waals surface area contributed by atoms with E-state index in [0.717, 1.165) is 16.9 Å². The molecule has 2 aromatic carbocycles. The van der Waals surface area contributed by atoms with E-state index in [9.17, 15) is 13.2 Å². The SMILES string of the molecule is Cc1cccc(C)c1OCCCNC(=O)Nc1ccc(S(N)(=O)=O)cc1. The van der Waals surface area contributed by atoms with Gasteiger partial charge in [-0.05, 0) is 55.7 Å². The standard InChI is InChI=1S/C18H23N3O4S/c1-13-5-3-6-14(2)17(13)25-12-4-11-20-18(22)21-15-7-9-16(10-8-15)26(19,23)24/h3,5-10H,4,11-12H2,1-2H3,(H2,19,23,24)(H2,20,21,22). The zero-order valence-electron chi connectivity index (χ0n) is 14.8. The van der Waals surface area contributed by atoms with Gasteiger partial charge in [0.25, 0.3) is 0 Å². The Labute approximate surface area is 153 Å². The first kappa shape index (κ1) is 19.7. The number of nitrogens with one attached hydrogen (secondary N) is 2. The summed E-state index contributed by atoms with van der Waals surface area (Å²) in [6.45, 7) is 4.94. The number of ether oxygens (including phenoxy) is 1. The lowest BCUT2D eigenvalue weighted by molar-refractivity contribution is 0.250. The number of hydrogen-bond acceptors (Lipinski definition) is 4. The van der Waals surface area contributed by atoms with E-state index in [-0.39, 0.29) is 10.9 Å². The summed E-state index contributed by atoms with van der Waals surface area (Å²) in [5.41, 5.74) is 2.64. The van der Waals surface area contributed by atoms with E-state index < -0.39 is 10.0 Å². The Morgan fingerprint density at radius 1 is 1.08 bits per heavy atom. The van der Waals surface area contributed by atoms with Crippen LogP contribution in [0, 0.1) is 13.8 Å². The van der Waals surface area contributed by atoms with Crippen LogP contribution in [0.4, 0.5) is 10.5 Å². The van der Waals surface area contributed by atoms with Crippen LogP contribution < -0.4 is 20.5 Å². The van der Waals surface area contributed by atoms with Crippen molar-refractivity contribution in [2.75, 3.05) is 18.5 Å². The van der Waals surface area contributed by atoms with E-state index >= 15 is 0 Å². The van der Waals surface area contributed by atoms with Gasteiger partial charge in [-0.15, -0.1) is 0 Å². The zero-order chi connectivity index (χ0) is 19.2. The minimum Gasteiger partial charge on any atom is -0.493 e. The maximum absolute atomic E-state index is 11.8. The molecule has 0 saturated carbocycles. The van der Waals surface area contributed by atoms with Gasteiger partial charge in [-0.3, -0.25) is 0 Å². The van der Waals surface area contributed by atoms with Crippen molar-refractivity contribution in [1.29, 1.82) is 0 Å². The van der Waals surface area contributed by atoms with E-state index in [1.54, 1.807) is 0 Å². The minimum atomic E-state index is -3.74. The quantitative estimate of drug-likeness (QED) is 0.644. The first-order valence-electron chi connectivity index (χ1n) is 8.14. The molecule has 0 radical (unpaired) electrons. The molecular formula is C18H23N3O4S. The van der Waals surface area contributed by atoms with Crippen LogP contribution in [-0.2, 0) is 10.0 Å². The molecule has 0 heterocycles.